The smallest absolute Gasteiger partial charge is 0.192 e. The number of ketones is 1. The van der Waals surface area contributed by atoms with Gasteiger partial charge in [-0.05, 0) is 24.3 Å². The topological polar surface area (TPSA) is 17.1 Å². The third-order valence-electron chi connectivity index (χ3n) is 2.19. The number of thiophene rings is 2. The van der Waals surface area contributed by atoms with E-state index >= 15 is 0 Å². The summed E-state index contributed by atoms with van der Waals surface area (Å²) in [5.41, 5.74) is 0. The molecule has 0 aliphatic carbocycles. The Labute approximate surface area is 132 Å². The number of rotatable bonds is 4. The molecule has 0 N–H and O–H groups in total. The lowest BCUT2D eigenvalue weighted by Crippen LogP contribution is -2.18. The average molecular weight is 360 g/mol. The maximum atomic E-state index is 12.1. The van der Waals surface area contributed by atoms with Crippen molar-refractivity contribution in [3.63, 3.8) is 0 Å². The highest BCUT2D eigenvalue weighted by Gasteiger charge is 2.28. The molecule has 0 saturated carbocycles. The fourth-order valence-electron chi connectivity index (χ4n) is 1.34. The van der Waals surface area contributed by atoms with Gasteiger partial charge >= 0.3 is 0 Å². The molecule has 2 heterocycles. The van der Waals surface area contributed by atoms with E-state index in [0.29, 0.717) is 13.5 Å². The van der Waals surface area contributed by atoms with Crippen LogP contribution >= 0.6 is 69.1 Å². The molecule has 0 radical (unpaired) electrons. The van der Waals surface area contributed by atoms with Gasteiger partial charge in [-0.2, -0.15) is 0 Å². The van der Waals surface area contributed by atoms with Gasteiger partial charge in [0, 0.05) is 4.88 Å². The van der Waals surface area contributed by atoms with Crippen molar-refractivity contribution in [2.75, 3.05) is 0 Å². The van der Waals surface area contributed by atoms with Crippen LogP contribution in [-0.2, 0) is 0 Å². The van der Waals surface area contributed by atoms with Gasteiger partial charge in [-0.15, -0.1) is 45.9 Å². The highest BCUT2D eigenvalue weighted by atomic mass is 35.5. The molecular formula is C11H6Cl4OS2. The highest BCUT2D eigenvalue weighted by Crippen LogP contribution is 2.37. The summed E-state index contributed by atoms with van der Waals surface area (Å²) in [6.45, 7) is 0. The molecule has 1 nitrogen and oxygen atoms in total. The molecule has 0 aliphatic rings. The Morgan fingerprint density at radius 2 is 1.61 bits per heavy atom. The molecule has 0 saturated heterocycles. The van der Waals surface area contributed by atoms with Gasteiger partial charge in [-0.1, -0.05) is 23.2 Å². The van der Waals surface area contributed by atoms with E-state index < -0.39 is 10.8 Å². The first-order chi connectivity index (χ1) is 8.49. The van der Waals surface area contributed by atoms with Crippen LogP contribution in [0.5, 0.6) is 0 Å². The lowest BCUT2D eigenvalue weighted by atomic mass is 10.1. The Morgan fingerprint density at radius 3 is 2.11 bits per heavy atom. The van der Waals surface area contributed by atoms with E-state index in [1.54, 1.807) is 24.3 Å². The van der Waals surface area contributed by atoms with Crippen molar-refractivity contribution < 1.29 is 4.79 Å². The van der Waals surface area contributed by atoms with Crippen LogP contribution in [0.3, 0.4) is 0 Å². The number of carbonyl (C=O) groups is 1. The lowest BCUT2D eigenvalue weighted by molar-refractivity contribution is 0.0989. The maximum Gasteiger partial charge on any atom is 0.192 e. The van der Waals surface area contributed by atoms with Crippen molar-refractivity contribution in [1.82, 2.24) is 0 Å². The number of hydrogen-bond acceptors (Lipinski definition) is 3. The zero-order valence-corrected chi connectivity index (χ0v) is 13.4. The van der Waals surface area contributed by atoms with Crippen LogP contribution < -0.4 is 0 Å². The molecule has 2 atom stereocenters. The number of Topliss-reactive ketones (excluding diaryl/α,β-unsaturated/α-hetero) is 1. The van der Waals surface area contributed by atoms with Crippen LogP contribution in [0.4, 0.5) is 0 Å². The highest BCUT2D eigenvalue weighted by molar-refractivity contribution is 7.18. The molecule has 2 aromatic heterocycles. The fraction of sp³-hybridized carbons (Fsp3) is 0.182. The molecule has 0 aromatic carbocycles. The Kier molecular flexibility index (Phi) is 4.98. The summed E-state index contributed by atoms with van der Waals surface area (Å²) >= 11 is 26.4. The third kappa shape index (κ3) is 3.21. The van der Waals surface area contributed by atoms with Crippen LogP contribution in [0.1, 0.15) is 19.9 Å². The summed E-state index contributed by atoms with van der Waals surface area (Å²) in [5, 5.41) is -1.44. The molecule has 2 rings (SSSR count). The molecule has 2 aromatic rings. The monoisotopic (exact) mass is 358 g/mol. The fourth-order valence-corrected chi connectivity index (χ4v) is 4.15. The largest absolute Gasteiger partial charge is 0.292 e. The van der Waals surface area contributed by atoms with Gasteiger partial charge in [0.05, 0.1) is 18.9 Å². The quantitative estimate of drug-likeness (QED) is 0.491. The van der Waals surface area contributed by atoms with Crippen molar-refractivity contribution in [2.45, 2.75) is 10.8 Å². The summed E-state index contributed by atoms with van der Waals surface area (Å²) in [5.74, 6) is -0.224. The summed E-state index contributed by atoms with van der Waals surface area (Å²) < 4.78 is 1.17. The Bertz CT molecular complexity index is 563. The predicted octanol–water partition coefficient (Wildman–Crippen LogP) is 5.89. The third-order valence-corrected chi connectivity index (χ3v) is 5.94. The SMILES string of the molecule is O=C(c1ccc(Cl)s1)[C@H](Cl)[C@@H](Cl)c1ccc(Cl)s1. The molecule has 0 spiro atoms. The maximum absolute atomic E-state index is 12.1. The molecule has 0 unspecified atom stereocenters. The van der Waals surface area contributed by atoms with Crippen molar-refractivity contribution >= 4 is 74.9 Å². The second kappa shape index (κ2) is 6.12. The van der Waals surface area contributed by atoms with Gasteiger partial charge in [0.25, 0.3) is 0 Å². The minimum absolute atomic E-state index is 0.224. The Hall–Kier alpha value is 0.230. The van der Waals surface area contributed by atoms with E-state index in [-0.39, 0.29) is 5.78 Å². The average Bonchev–Trinajstić information content (AvgIpc) is 2.95. The normalized spacial score (nSPS) is 14.4. The summed E-state index contributed by atoms with van der Waals surface area (Å²) in [6, 6.07) is 6.81. The minimum Gasteiger partial charge on any atom is -0.292 e. The van der Waals surface area contributed by atoms with E-state index in [0.717, 1.165) is 4.88 Å². The molecular weight excluding hydrogens is 354 g/mol. The number of carbonyl (C=O) groups excluding carboxylic acids is 1. The van der Waals surface area contributed by atoms with Crippen LogP contribution in [0.25, 0.3) is 0 Å². The summed E-state index contributed by atoms with van der Waals surface area (Å²) in [6.07, 6.45) is 0. The van der Waals surface area contributed by atoms with Gasteiger partial charge < -0.3 is 0 Å². The number of hydrogen-bond donors (Lipinski definition) is 0. The van der Waals surface area contributed by atoms with E-state index in [1.165, 1.54) is 22.7 Å². The van der Waals surface area contributed by atoms with Gasteiger partial charge in [-0.3, -0.25) is 4.79 Å². The van der Waals surface area contributed by atoms with E-state index in [9.17, 15) is 4.79 Å². The zero-order chi connectivity index (χ0) is 13.3. The van der Waals surface area contributed by atoms with Gasteiger partial charge in [0.2, 0.25) is 0 Å². The van der Waals surface area contributed by atoms with Gasteiger partial charge in [0.15, 0.2) is 5.78 Å². The molecule has 96 valence electrons. The summed E-state index contributed by atoms with van der Waals surface area (Å²) in [4.78, 5) is 13.4. The van der Waals surface area contributed by atoms with Crippen molar-refractivity contribution in [1.29, 1.82) is 0 Å². The predicted molar refractivity (Wildman–Crippen MR) is 81.2 cm³/mol. The molecule has 0 bridgehead atoms. The van der Waals surface area contributed by atoms with Crippen LogP contribution in [-0.4, -0.2) is 11.2 Å². The van der Waals surface area contributed by atoms with E-state index in [1.807, 2.05) is 0 Å². The first-order valence-electron chi connectivity index (χ1n) is 4.82. The van der Waals surface area contributed by atoms with Crippen LogP contribution in [0.2, 0.25) is 8.67 Å². The van der Waals surface area contributed by atoms with Crippen LogP contribution in [0, 0.1) is 0 Å². The van der Waals surface area contributed by atoms with Gasteiger partial charge in [0.1, 0.15) is 5.38 Å². The van der Waals surface area contributed by atoms with Crippen molar-refractivity contribution in [3.8, 4) is 0 Å². The van der Waals surface area contributed by atoms with Crippen LogP contribution in [0.15, 0.2) is 24.3 Å². The van der Waals surface area contributed by atoms with Crippen molar-refractivity contribution in [3.05, 3.63) is 42.7 Å². The van der Waals surface area contributed by atoms with Gasteiger partial charge in [-0.25, -0.2) is 0 Å². The lowest BCUT2D eigenvalue weighted by Gasteiger charge is -2.12. The second-order valence-corrected chi connectivity index (χ2v) is 7.82. The first-order valence-corrected chi connectivity index (χ1v) is 8.08. The Morgan fingerprint density at radius 1 is 1.00 bits per heavy atom. The molecule has 7 heteroatoms. The first kappa shape index (κ1) is 14.6. The minimum atomic E-state index is -0.837. The second-order valence-electron chi connectivity index (χ2n) is 3.41. The molecule has 0 aliphatic heterocycles. The Balaban J connectivity index is 2.16. The number of halogens is 4. The molecule has 0 amide bonds. The zero-order valence-electron chi connectivity index (χ0n) is 8.70. The van der Waals surface area contributed by atoms with E-state index in [4.69, 9.17) is 46.4 Å². The van der Waals surface area contributed by atoms with Crippen molar-refractivity contribution in [2.24, 2.45) is 0 Å². The van der Waals surface area contributed by atoms with E-state index in [2.05, 4.69) is 0 Å². The molecule has 18 heavy (non-hydrogen) atoms. The summed E-state index contributed by atoms with van der Waals surface area (Å²) in [7, 11) is 0. The number of alkyl halides is 2. The molecule has 0 fully saturated rings. The standard InChI is InChI=1S/C11H6Cl4OS2/c12-7-3-1-5(17-7)9(14)10(15)11(16)6-2-4-8(13)18-6/h1-4,9-10H/t9-,10+/m0/s1.